The van der Waals surface area contributed by atoms with Crippen LogP contribution in [0.2, 0.25) is 0 Å². The zero-order valence-corrected chi connectivity index (χ0v) is 18.3. The molecule has 1 aromatic rings. The number of nitro benzene ring substituents is 1. The molecule has 2 heterocycles. The summed E-state index contributed by atoms with van der Waals surface area (Å²) in [4.78, 5) is 53.6. The van der Waals surface area contributed by atoms with E-state index in [0.29, 0.717) is 45.0 Å². The van der Waals surface area contributed by atoms with Crippen LogP contribution in [0.5, 0.6) is 0 Å². The first-order valence-corrected chi connectivity index (χ1v) is 11.2. The molecular weight excluding hydrogens is 414 g/mol. The Balaban J connectivity index is 1.47. The smallest absolute Gasteiger partial charge is 0.293 e. The van der Waals surface area contributed by atoms with E-state index >= 15 is 0 Å². The number of piperazine rings is 1. The average molecular weight is 444 g/mol. The second-order valence-electron chi connectivity index (χ2n) is 8.83. The number of hydrogen-bond donors (Lipinski definition) is 1. The van der Waals surface area contributed by atoms with Gasteiger partial charge in [0.05, 0.1) is 10.8 Å². The molecular formula is C22H29N5O5. The molecule has 0 spiro atoms. The number of nitrogens with one attached hydrogen (secondary N) is 1. The van der Waals surface area contributed by atoms with Crippen molar-refractivity contribution in [3.05, 3.63) is 33.9 Å². The first-order chi connectivity index (χ1) is 15.3. The molecule has 0 bridgehead atoms. The Morgan fingerprint density at radius 3 is 2.38 bits per heavy atom. The number of hydrogen-bond acceptors (Lipinski definition) is 6. The molecule has 10 heteroatoms. The molecule has 3 amide bonds. The number of nitro groups is 1. The van der Waals surface area contributed by atoms with Gasteiger partial charge < -0.3 is 20.0 Å². The maximum absolute atomic E-state index is 13.1. The Bertz CT molecular complexity index is 923. The highest BCUT2D eigenvalue weighted by Gasteiger charge is 2.33. The number of benzene rings is 1. The minimum atomic E-state index is -0.467. The lowest BCUT2D eigenvalue weighted by Gasteiger charge is -2.35. The summed E-state index contributed by atoms with van der Waals surface area (Å²) in [5.41, 5.74) is 0.591. The summed E-state index contributed by atoms with van der Waals surface area (Å²) >= 11 is 0. The average Bonchev–Trinajstić information content (AvgIpc) is 3.62. The summed E-state index contributed by atoms with van der Waals surface area (Å²) in [6.07, 6.45) is 3.50. The molecule has 32 heavy (non-hydrogen) atoms. The van der Waals surface area contributed by atoms with E-state index in [1.807, 2.05) is 4.90 Å². The molecule has 3 fully saturated rings. The predicted molar refractivity (Wildman–Crippen MR) is 117 cm³/mol. The zero-order valence-electron chi connectivity index (χ0n) is 18.3. The Kier molecular flexibility index (Phi) is 6.29. The van der Waals surface area contributed by atoms with Crippen LogP contribution in [-0.2, 0) is 9.59 Å². The molecule has 4 rings (SSSR count). The lowest BCUT2D eigenvalue weighted by atomic mass is 9.96. The van der Waals surface area contributed by atoms with Gasteiger partial charge >= 0.3 is 0 Å². The van der Waals surface area contributed by atoms with Crippen LogP contribution >= 0.6 is 0 Å². The first kappa shape index (κ1) is 22.0. The highest BCUT2D eigenvalue weighted by atomic mass is 16.6. The molecule has 2 aliphatic heterocycles. The van der Waals surface area contributed by atoms with Crippen molar-refractivity contribution >= 4 is 29.1 Å². The van der Waals surface area contributed by atoms with Gasteiger partial charge in [-0.05, 0) is 37.8 Å². The zero-order chi connectivity index (χ0) is 22.8. The van der Waals surface area contributed by atoms with Gasteiger partial charge in [0.1, 0.15) is 5.69 Å². The second-order valence-corrected chi connectivity index (χ2v) is 8.83. The van der Waals surface area contributed by atoms with Crippen LogP contribution in [-0.4, -0.2) is 77.8 Å². The van der Waals surface area contributed by atoms with Gasteiger partial charge in [-0.1, -0.05) is 0 Å². The van der Waals surface area contributed by atoms with Crippen molar-refractivity contribution < 1.29 is 19.3 Å². The van der Waals surface area contributed by atoms with Crippen LogP contribution in [0.15, 0.2) is 18.2 Å². The number of anilines is 1. The molecule has 1 N–H and O–H groups in total. The Morgan fingerprint density at radius 1 is 1.03 bits per heavy atom. The maximum atomic E-state index is 13.1. The molecule has 172 valence electrons. The normalized spacial score (nSPS) is 21.3. The van der Waals surface area contributed by atoms with Crippen molar-refractivity contribution in [1.82, 2.24) is 15.1 Å². The number of carbonyl (C=O) groups excluding carboxylic acids is 3. The second kappa shape index (κ2) is 9.13. The molecule has 0 radical (unpaired) electrons. The van der Waals surface area contributed by atoms with E-state index in [1.165, 1.54) is 13.0 Å². The third kappa shape index (κ3) is 4.84. The minimum absolute atomic E-state index is 0.00367. The molecule has 1 unspecified atom stereocenters. The van der Waals surface area contributed by atoms with Gasteiger partial charge in [0.2, 0.25) is 11.8 Å². The summed E-state index contributed by atoms with van der Waals surface area (Å²) in [6, 6.07) is 4.86. The van der Waals surface area contributed by atoms with Crippen molar-refractivity contribution in [3.63, 3.8) is 0 Å². The molecule has 2 saturated heterocycles. The number of carbonyl (C=O) groups is 3. The number of piperidine rings is 1. The molecule has 3 aliphatic rings. The van der Waals surface area contributed by atoms with Gasteiger partial charge in [0.15, 0.2) is 0 Å². The first-order valence-electron chi connectivity index (χ1n) is 11.2. The van der Waals surface area contributed by atoms with Gasteiger partial charge in [-0.3, -0.25) is 24.5 Å². The van der Waals surface area contributed by atoms with E-state index in [9.17, 15) is 24.5 Å². The summed E-state index contributed by atoms with van der Waals surface area (Å²) in [7, 11) is 0. The molecule has 10 nitrogen and oxygen atoms in total. The summed E-state index contributed by atoms with van der Waals surface area (Å²) in [6.45, 7) is 4.39. The van der Waals surface area contributed by atoms with Crippen LogP contribution in [0.4, 0.5) is 11.4 Å². The molecule has 1 saturated carbocycles. The number of nitrogens with zero attached hydrogens (tertiary/aromatic N) is 4. The van der Waals surface area contributed by atoms with Crippen molar-refractivity contribution in [2.24, 2.45) is 5.92 Å². The van der Waals surface area contributed by atoms with E-state index in [-0.39, 0.29) is 40.9 Å². The van der Waals surface area contributed by atoms with E-state index < -0.39 is 4.92 Å². The fourth-order valence-corrected chi connectivity index (χ4v) is 4.44. The van der Waals surface area contributed by atoms with Crippen molar-refractivity contribution in [3.8, 4) is 0 Å². The third-order valence-corrected chi connectivity index (χ3v) is 6.49. The summed E-state index contributed by atoms with van der Waals surface area (Å²) in [5, 5.41) is 14.8. The lowest BCUT2D eigenvalue weighted by Crippen LogP contribution is -2.48. The van der Waals surface area contributed by atoms with Crippen LogP contribution in [0, 0.1) is 16.0 Å². The molecule has 1 aliphatic carbocycles. The largest absolute Gasteiger partial charge is 0.362 e. The fourth-order valence-electron chi connectivity index (χ4n) is 4.44. The monoisotopic (exact) mass is 443 g/mol. The van der Waals surface area contributed by atoms with E-state index in [0.717, 1.165) is 25.7 Å². The third-order valence-electron chi connectivity index (χ3n) is 6.49. The standard InChI is InChI=1S/C22H29N5O5/c1-15(28)24-9-11-25(12-10-24)19-7-4-16(13-20(19)27(31)32)22(30)26-8-2-3-17(14-26)21(29)23-18-5-6-18/h4,7,13,17-18H,2-3,5-6,8-12,14H2,1H3,(H,23,29). The van der Waals surface area contributed by atoms with Gasteiger partial charge in [0.25, 0.3) is 11.6 Å². The van der Waals surface area contributed by atoms with Gasteiger partial charge in [-0.15, -0.1) is 0 Å². The molecule has 0 aromatic heterocycles. The van der Waals surface area contributed by atoms with Crippen LogP contribution < -0.4 is 10.2 Å². The van der Waals surface area contributed by atoms with E-state index in [4.69, 9.17) is 0 Å². The predicted octanol–water partition coefficient (Wildman–Crippen LogP) is 1.39. The van der Waals surface area contributed by atoms with Crippen LogP contribution in [0.25, 0.3) is 0 Å². The number of amides is 3. The SMILES string of the molecule is CC(=O)N1CCN(c2ccc(C(=O)N3CCCC(C(=O)NC4CC4)C3)cc2[N+](=O)[O-])CC1. The van der Waals surface area contributed by atoms with Gasteiger partial charge in [0, 0.05) is 63.9 Å². The van der Waals surface area contributed by atoms with Crippen molar-refractivity contribution in [2.45, 2.75) is 38.6 Å². The van der Waals surface area contributed by atoms with E-state index in [2.05, 4.69) is 5.32 Å². The Labute approximate surface area is 186 Å². The Morgan fingerprint density at radius 2 is 1.75 bits per heavy atom. The fraction of sp³-hybridized carbons (Fsp3) is 0.591. The highest BCUT2D eigenvalue weighted by Crippen LogP contribution is 2.31. The summed E-state index contributed by atoms with van der Waals surface area (Å²) in [5.74, 6) is -0.535. The van der Waals surface area contributed by atoms with Crippen molar-refractivity contribution in [1.29, 1.82) is 0 Å². The number of likely N-dealkylation sites (tertiary alicyclic amines) is 1. The minimum Gasteiger partial charge on any atom is -0.362 e. The van der Waals surface area contributed by atoms with Crippen LogP contribution in [0.1, 0.15) is 43.0 Å². The Hall–Kier alpha value is -3.17. The van der Waals surface area contributed by atoms with Crippen LogP contribution in [0.3, 0.4) is 0 Å². The van der Waals surface area contributed by atoms with E-state index in [1.54, 1.807) is 21.9 Å². The molecule has 1 aromatic carbocycles. The van der Waals surface area contributed by atoms with Gasteiger partial charge in [-0.25, -0.2) is 0 Å². The maximum Gasteiger partial charge on any atom is 0.293 e. The van der Waals surface area contributed by atoms with Crippen molar-refractivity contribution in [2.75, 3.05) is 44.2 Å². The lowest BCUT2D eigenvalue weighted by molar-refractivity contribution is -0.384. The summed E-state index contributed by atoms with van der Waals surface area (Å²) < 4.78 is 0. The van der Waals surface area contributed by atoms with Gasteiger partial charge in [-0.2, -0.15) is 0 Å². The quantitative estimate of drug-likeness (QED) is 0.543. The molecule has 1 atom stereocenters. The topological polar surface area (TPSA) is 116 Å². The highest BCUT2D eigenvalue weighted by molar-refractivity contribution is 5.96. The number of rotatable bonds is 5.